The first kappa shape index (κ1) is 12.7. The van der Waals surface area contributed by atoms with Crippen molar-refractivity contribution in [1.29, 1.82) is 0 Å². The summed E-state index contributed by atoms with van der Waals surface area (Å²) >= 11 is 0. The Bertz CT molecular complexity index is 291. The van der Waals surface area contributed by atoms with E-state index in [0.29, 0.717) is 0 Å². The number of hydrogen-bond acceptors (Lipinski definition) is 3. The first-order chi connectivity index (χ1) is 8.34. The Hall–Kier alpha value is -0.800. The molecule has 1 aliphatic rings. The lowest BCUT2D eigenvalue weighted by Gasteiger charge is -2.20. The van der Waals surface area contributed by atoms with Gasteiger partial charge in [0.05, 0.1) is 12.8 Å². The minimum Gasteiger partial charge on any atom is -0.468 e. The number of nitrogens with one attached hydrogen (secondary N) is 1. The number of furan rings is 1. The molecule has 1 fully saturated rings. The molecule has 0 bridgehead atoms. The molecule has 0 saturated heterocycles. The Morgan fingerprint density at radius 2 is 2.24 bits per heavy atom. The van der Waals surface area contributed by atoms with Crippen LogP contribution in [0.25, 0.3) is 0 Å². The maximum atomic E-state index is 5.27. The van der Waals surface area contributed by atoms with Gasteiger partial charge < -0.3 is 14.6 Å². The van der Waals surface area contributed by atoms with Crippen molar-refractivity contribution in [2.75, 3.05) is 26.7 Å². The van der Waals surface area contributed by atoms with Crippen LogP contribution < -0.4 is 5.32 Å². The molecule has 3 nitrogen and oxygen atoms in total. The van der Waals surface area contributed by atoms with E-state index in [1.54, 1.807) is 6.26 Å². The van der Waals surface area contributed by atoms with Crippen molar-refractivity contribution in [3.63, 3.8) is 0 Å². The summed E-state index contributed by atoms with van der Waals surface area (Å²) in [4.78, 5) is 2.45. The monoisotopic (exact) mass is 236 g/mol. The molecular weight excluding hydrogens is 212 g/mol. The zero-order valence-electron chi connectivity index (χ0n) is 10.8. The van der Waals surface area contributed by atoms with Crippen molar-refractivity contribution < 1.29 is 4.42 Å². The van der Waals surface area contributed by atoms with Gasteiger partial charge in [-0.3, -0.25) is 0 Å². The van der Waals surface area contributed by atoms with E-state index < -0.39 is 0 Å². The molecule has 1 saturated carbocycles. The first-order valence-electron chi connectivity index (χ1n) is 6.76. The standard InChI is InChI=1S/C14H24N2O/c1-16(12-13-5-2-3-6-13)9-8-15-11-14-7-4-10-17-14/h4,7,10,13,15H,2-3,5-6,8-9,11-12H2,1H3. The smallest absolute Gasteiger partial charge is 0.117 e. The topological polar surface area (TPSA) is 28.4 Å². The molecule has 1 aromatic rings. The van der Waals surface area contributed by atoms with E-state index in [4.69, 9.17) is 4.42 Å². The van der Waals surface area contributed by atoms with Crippen LogP contribution in [-0.2, 0) is 6.54 Å². The molecule has 1 aliphatic carbocycles. The van der Waals surface area contributed by atoms with Crippen LogP contribution in [0.1, 0.15) is 31.4 Å². The van der Waals surface area contributed by atoms with Crippen molar-refractivity contribution >= 4 is 0 Å². The summed E-state index contributed by atoms with van der Waals surface area (Å²) in [6.07, 6.45) is 7.47. The minimum absolute atomic E-state index is 0.838. The van der Waals surface area contributed by atoms with Crippen molar-refractivity contribution in [1.82, 2.24) is 10.2 Å². The Kier molecular flexibility index (Phi) is 5.08. The van der Waals surface area contributed by atoms with Crippen molar-refractivity contribution in [2.24, 2.45) is 5.92 Å². The molecule has 0 amide bonds. The number of rotatable bonds is 7. The Morgan fingerprint density at radius 1 is 1.41 bits per heavy atom. The van der Waals surface area contributed by atoms with Crippen LogP contribution in [0.2, 0.25) is 0 Å². The average Bonchev–Trinajstić information content (AvgIpc) is 2.96. The van der Waals surface area contributed by atoms with Gasteiger partial charge in [-0.2, -0.15) is 0 Å². The lowest BCUT2D eigenvalue weighted by atomic mass is 10.1. The van der Waals surface area contributed by atoms with Gasteiger partial charge in [-0.1, -0.05) is 12.8 Å². The minimum atomic E-state index is 0.838. The third-order valence-corrected chi connectivity index (χ3v) is 3.59. The molecule has 0 spiro atoms. The molecule has 17 heavy (non-hydrogen) atoms. The molecule has 96 valence electrons. The predicted molar refractivity (Wildman–Crippen MR) is 69.9 cm³/mol. The van der Waals surface area contributed by atoms with Gasteiger partial charge >= 0.3 is 0 Å². The molecule has 0 aliphatic heterocycles. The number of nitrogens with zero attached hydrogens (tertiary/aromatic N) is 1. The van der Waals surface area contributed by atoms with Gasteiger partial charge in [-0.25, -0.2) is 0 Å². The zero-order chi connectivity index (χ0) is 11.9. The molecule has 0 unspecified atom stereocenters. The van der Waals surface area contributed by atoms with E-state index in [-0.39, 0.29) is 0 Å². The van der Waals surface area contributed by atoms with Gasteiger partial charge in [-0.05, 0) is 37.9 Å². The van der Waals surface area contributed by atoms with Crippen LogP contribution in [0.4, 0.5) is 0 Å². The van der Waals surface area contributed by atoms with E-state index in [2.05, 4.69) is 17.3 Å². The van der Waals surface area contributed by atoms with Crippen molar-refractivity contribution in [3.8, 4) is 0 Å². The fourth-order valence-corrected chi connectivity index (χ4v) is 2.62. The van der Waals surface area contributed by atoms with Gasteiger partial charge in [0, 0.05) is 19.6 Å². The Morgan fingerprint density at radius 3 is 2.94 bits per heavy atom. The van der Waals surface area contributed by atoms with Gasteiger partial charge in [0.2, 0.25) is 0 Å². The highest BCUT2D eigenvalue weighted by Gasteiger charge is 2.16. The van der Waals surface area contributed by atoms with Crippen LogP contribution in [-0.4, -0.2) is 31.6 Å². The molecular formula is C14H24N2O. The number of hydrogen-bond donors (Lipinski definition) is 1. The molecule has 1 heterocycles. The second kappa shape index (κ2) is 6.82. The van der Waals surface area contributed by atoms with Crippen molar-refractivity contribution in [3.05, 3.63) is 24.2 Å². The first-order valence-corrected chi connectivity index (χ1v) is 6.76. The van der Waals surface area contributed by atoms with Gasteiger partial charge in [0.25, 0.3) is 0 Å². The molecule has 0 atom stereocenters. The lowest BCUT2D eigenvalue weighted by molar-refractivity contribution is 0.276. The SMILES string of the molecule is CN(CCNCc1ccco1)CC1CCCC1. The highest BCUT2D eigenvalue weighted by Crippen LogP contribution is 2.24. The molecule has 1 N–H and O–H groups in total. The Balaban J connectivity index is 1.52. The van der Waals surface area contributed by atoms with E-state index in [1.807, 2.05) is 12.1 Å². The summed E-state index contributed by atoms with van der Waals surface area (Å²) in [5.74, 6) is 1.97. The normalized spacial score (nSPS) is 17.1. The molecule has 0 radical (unpaired) electrons. The Labute approximate surface area is 104 Å². The summed E-state index contributed by atoms with van der Waals surface area (Å²) in [6.45, 7) is 4.26. The van der Waals surface area contributed by atoms with Gasteiger partial charge in [0.15, 0.2) is 0 Å². The van der Waals surface area contributed by atoms with E-state index in [0.717, 1.165) is 31.3 Å². The molecule has 2 rings (SSSR count). The summed E-state index contributed by atoms with van der Waals surface area (Å²) in [7, 11) is 2.23. The summed E-state index contributed by atoms with van der Waals surface area (Å²) in [5, 5.41) is 3.41. The lowest BCUT2D eigenvalue weighted by Crippen LogP contribution is -2.32. The fraction of sp³-hybridized carbons (Fsp3) is 0.714. The number of likely N-dealkylation sites (N-methyl/N-ethyl adjacent to an activating group) is 1. The highest BCUT2D eigenvalue weighted by atomic mass is 16.3. The van der Waals surface area contributed by atoms with E-state index in [1.165, 1.54) is 32.2 Å². The third-order valence-electron chi connectivity index (χ3n) is 3.59. The predicted octanol–water partition coefficient (Wildman–Crippen LogP) is 2.49. The van der Waals surface area contributed by atoms with E-state index in [9.17, 15) is 0 Å². The summed E-state index contributed by atoms with van der Waals surface area (Å²) < 4.78 is 5.27. The third kappa shape index (κ3) is 4.52. The fourth-order valence-electron chi connectivity index (χ4n) is 2.62. The van der Waals surface area contributed by atoms with E-state index >= 15 is 0 Å². The maximum absolute atomic E-state index is 5.27. The van der Waals surface area contributed by atoms with Crippen LogP contribution in [0, 0.1) is 5.92 Å². The van der Waals surface area contributed by atoms with Crippen molar-refractivity contribution in [2.45, 2.75) is 32.2 Å². The zero-order valence-corrected chi connectivity index (χ0v) is 10.8. The van der Waals surface area contributed by atoms with Gasteiger partial charge in [-0.15, -0.1) is 0 Å². The van der Waals surface area contributed by atoms with Gasteiger partial charge in [0.1, 0.15) is 5.76 Å². The second-order valence-electron chi connectivity index (χ2n) is 5.17. The molecule has 3 heteroatoms. The quantitative estimate of drug-likeness (QED) is 0.737. The van der Waals surface area contributed by atoms with Crippen LogP contribution in [0.15, 0.2) is 22.8 Å². The average molecular weight is 236 g/mol. The second-order valence-corrected chi connectivity index (χ2v) is 5.17. The largest absolute Gasteiger partial charge is 0.468 e. The summed E-state index contributed by atoms with van der Waals surface area (Å²) in [6, 6.07) is 3.94. The van der Waals surface area contributed by atoms with Crippen LogP contribution in [0.5, 0.6) is 0 Å². The maximum Gasteiger partial charge on any atom is 0.117 e. The highest BCUT2D eigenvalue weighted by molar-refractivity contribution is 4.97. The molecule has 0 aromatic carbocycles. The van der Waals surface area contributed by atoms with Crippen LogP contribution >= 0.6 is 0 Å². The molecule has 1 aromatic heterocycles. The summed E-state index contributed by atoms with van der Waals surface area (Å²) in [5.41, 5.74) is 0. The van der Waals surface area contributed by atoms with Crippen LogP contribution in [0.3, 0.4) is 0 Å².